The fourth-order valence-electron chi connectivity index (χ4n) is 1.07. The lowest BCUT2D eigenvalue weighted by atomic mass is 10.1. The van der Waals surface area contributed by atoms with Crippen LogP contribution in [0.15, 0.2) is 36.4 Å². The lowest BCUT2D eigenvalue weighted by molar-refractivity contribution is -0.274. The van der Waals surface area contributed by atoms with Gasteiger partial charge < -0.3 is 4.74 Å². The Balaban J connectivity index is 2.79. The van der Waals surface area contributed by atoms with Crippen LogP contribution in [0.3, 0.4) is 0 Å². The number of alkyl halides is 3. The molecule has 0 aliphatic heterocycles. The zero-order chi connectivity index (χ0) is 12.2. The van der Waals surface area contributed by atoms with Crippen molar-refractivity contribution < 1.29 is 22.7 Å². The molecule has 1 rings (SSSR count). The number of rotatable bonds is 3. The van der Waals surface area contributed by atoms with Crippen LogP contribution in [-0.4, -0.2) is 12.1 Å². The summed E-state index contributed by atoms with van der Waals surface area (Å²) in [7, 11) is 0. The van der Waals surface area contributed by atoms with Gasteiger partial charge in [-0.15, -0.1) is 13.2 Å². The zero-order valence-electron chi connectivity index (χ0n) is 8.41. The Morgan fingerprint density at radius 2 is 1.81 bits per heavy atom. The molecule has 0 unspecified atom stereocenters. The van der Waals surface area contributed by atoms with Crippen molar-refractivity contribution in [3.8, 4) is 5.75 Å². The number of hydrogen-bond acceptors (Lipinski definition) is 2. The number of hydrogen-bond donors (Lipinski definition) is 0. The minimum atomic E-state index is -4.71. The number of allylic oxidation sites excluding steroid dienone is 2. The molecule has 0 bridgehead atoms. The van der Waals surface area contributed by atoms with E-state index in [9.17, 15) is 18.0 Å². The Morgan fingerprint density at radius 1 is 1.25 bits per heavy atom. The molecular formula is C11H9F3O2. The first-order chi connectivity index (χ1) is 7.42. The molecule has 1 aromatic carbocycles. The Bertz CT molecular complexity index is 391. The summed E-state index contributed by atoms with van der Waals surface area (Å²) >= 11 is 0. The molecule has 86 valence electrons. The van der Waals surface area contributed by atoms with Crippen LogP contribution in [0, 0.1) is 0 Å². The fraction of sp³-hybridized carbons (Fsp3) is 0.182. The van der Waals surface area contributed by atoms with Gasteiger partial charge in [-0.05, 0) is 37.3 Å². The van der Waals surface area contributed by atoms with Gasteiger partial charge in [-0.25, -0.2) is 0 Å². The van der Waals surface area contributed by atoms with Gasteiger partial charge in [0, 0.05) is 5.56 Å². The van der Waals surface area contributed by atoms with Gasteiger partial charge in [0.15, 0.2) is 5.78 Å². The molecule has 5 heteroatoms. The summed E-state index contributed by atoms with van der Waals surface area (Å²) in [5.41, 5.74) is 0.313. The molecule has 0 aliphatic carbocycles. The van der Waals surface area contributed by atoms with Crippen LogP contribution >= 0.6 is 0 Å². The molecule has 0 heterocycles. The maximum Gasteiger partial charge on any atom is 0.573 e. The zero-order valence-corrected chi connectivity index (χ0v) is 8.41. The van der Waals surface area contributed by atoms with E-state index in [2.05, 4.69) is 4.74 Å². The Labute approximate surface area is 90.3 Å². The van der Waals surface area contributed by atoms with E-state index in [0.29, 0.717) is 5.56 Å². The highest BCUT2D eigenvalue weighted by Gasteiger charge is 2.30. The summed E-state index contributed by atoms with van der Waals surface area (Å²) in [6.45, 7) is 1.68. The number of benzene rings is 1. The fourth-order valence-corrected chi connectivity index (χ4v) is 1.07. The second-order valence-corrected chi connectivity index (χ2v) is 2.94. The van der Waals surface area contributed by atoms with Crippen molar-refractivity contribution in [1.82, 2.24) is 0 Å². The van der Waals surface area contributed by atoms with Gasteiger partial charge in [-0.1, -0.05) is 6.08 Å². The number of ketones is 1. The largest absolute Gasteiger partial charge is 0.573 e. The first-order valence-corrected chi connectivity index (χ1v) is 4.45. The SMILES string of the molecule is CC=CC(=O)c1ccc(OC(F)(F)F)cc1. The number of ether oxygens (including phenoxy) is 1. The topological polar surface area (TPSA) is 26.3 Å². The predicted octanol–water partition coefficient (Wildman–Crippen LogP) is 3.34. The van der Waals surface area contributed by atoms with E-state index < -0.39 is 6.36 Å². The first kappa shape index (κ1) is 12.3. The Kier molecular flexibility index (Phi) is 3.71. The summed E-state index contributed by atoms with van der Waals surface area (Å²) < 4.78 is 39.1. The van der Waals surface area contributed by atoms with Gasteiger partial charge in [-0.3, -0.25) is 4.79 Å². The van der Waals surface area contributed by atoms with Crippen molar-refractivity contribution in [2.75, 3.05) is 0 Å². The van der Waals surface area contributed by atoms with Crippen molar-refractivity contribution in [2.24, 2.45) is 0 Å². The lowest BCUT2D eigenvalue weighted by Gasteiger charge is -2.08. The third-order valence-electron chi connectivity index (χ3n) is 1.69. The van der Waals surface area contributed by atoms with Gasteiger partial charge in [0.2, 0.25) is 0 Å². The van der Waals surface area contributed by atoms with Crippen LogP contribution in [0.5, 0.6) is 5.75 Å². The van der Waals surface area contributed by atoms with E-state index in [1.807, 2.05) is 0 Å². The molecule has 0 spiro atoms. The highest BCUT2D eigenvalue weighted by atomic mass is 19.4. The highest BCUT2D eigenvalue weighted by molar-refractivity contribution is 6.04. The monoisotopic (exact) mass is 230 g/mol. The average Bonchev–Trinajstić information content (AvgIpc) is 2.16. The quantitative estimate of drug-likeness (QED) is 0.588. The average molecular weight is 230 g/mol. The molecule has 1 aromatic rings. The third kappa shape index (κ3) is 3.76. The van der Waals surface area contributed by atoms with Crippen LogP contribution in [0.25, 0.3) is 0 Å². The van der Waals surface area contributed by atoms with E-state index in [1.54, 1.807) is 13.0 Å². The van der Waals surface area contributed by atoms with Crippen LogP contribution in [0.1, 0.15) is 17.3 Å². The molecule has 0 saturated heterocycles. The highest BCUT2D eigenvalue weighted by Crippen LogP contribution is 2.22. The molecule has 0 atom stereocenters. The number of carbonyl (C=O) groups is 1. The minimum absolute atomic E-state index is 0.263. The molecule has 0 amide bonds. The third-order valence-corrected chi connectivity index (χ3v) is 1.69. The smallest absolute Gasteiger partial charge is 0.406 e. The van der Waals surface area contributed by atoms with Crippen LogP contribution < -0.4 is 4.74 Å². The minimum Gasteiger partial charge on any atom is -0.406 e. The van der Waals surface area contributed by atoms with Gasteiger partial charge in [0.05, 0.1) is 0 Å². The summed E-state index contributed by atoms with van der Waals surface area (Å²) in [5.74, 6) is -0.606. The molecule has 0 saturated carbocycles. The normalized spacial score (nSPS) is 11.8. The maximum absolute atomic E-state index is 11.8. The first-order valence-electron chi connectivity index (χ1n) is 4.45. The molecule has 0 aromatic heterocycles. The molecule has 0 aliphatic rings. The molecule has 0 fully saturated rings. The van der Waals surface area contributed by atoms with E-state index in [-0.39, 0.29) is 11.5 Å². The van der Waals surface area contributed by atoms with Crippen molar-refractivity contribution in [3.05, 3.63) is 42.0 Å². The van der Waals surface area contributed by atoms with E-state index >= 15 is 0 Å². The van der Waals surface area contributed by atoms with Gasteiger partial charge in [0.25, 0.3) is 0 Å². The van der Waals surface area contributed by atoms with Gasteiger partial charge in [-0.2, -0.15) is 0 Å². The Morgan fingerprint density at radius 3 is 2.25 bits per heavy atom. The molecule has 2 nitrogen and oxygen atoms in total. The molecule has 0 N–H and O–H groups in total. The Hall–Kier alpha value is -1.78. The van der Waals surface area contributed by atoms with E-state index in [1.165, 1.54) is 18.2 Å². The molecule has 0 radical (unpaired) electrons. The summed E-state index contributed by atoms with van der Waals surface area (Å²) in [5, 5.41) is 0. The van der Waals surface area contributed by atoms with Crippen molar-refractivity contribution in [2.45, 2.75) is 13.3 Å². The van der Waals surface area contributed by atoms with Crippen LogP contribution in [0.4, 0.5) is 13.2 Å². The second kappa shape index (κ2) is 4.83. The molecule has 16 heavy (non-hydrogen) atoms. The number of carbonyl (C=O) groups excluding carboxylic acids is 1. The van der Waals surface area contributed by atoms with Crippen molar-refractivity contribution >= 4 is 5.78 Å². The summed E-state index contributed by atoms with van der Waals surface area (Å²) in [6, 6.07) is 4.77. The lowest BCUT2D eigenvalue weighted by Crippen LogP contribution is -2.17. The van der Waals surface area contributed by atoms with Gasteiger partial charge in [0.1, 0.15) is 5.75 Å². The summed E-state index contributed by atoms with van der Waals surface area (Å²) in [4.78, 5) is 11.3. The second-order valence-electron chi connectivity index (χ2n) is 2.94. The standard InChI is InChI=1S/C11H9F3O2/c1-2-3-10(15)8-4-6-9(7-5-8)16-11(12,13)14/h2-7H,1H3. The summed E-state index contributed by atoms with van der Waals surface area (Å²) in [6.07, 6.45) is -1.82. The van der Waals surface area contributed by atoms with Crippen molar-refractivity contribution in [1.29, 1.82) is 0 Å². The van der Waals surface area contributed by atoms with Crippen LogP contribution in [0.2, 0.25) is 0 Å². The van der Waals surface area contributed by atoms with Crippen LogP contribution in [-0.2, 0) is 0 Å². The maximum atomic E-state index is 11.8. The van der Waals surface area contributed by atoms with Gasteiger partial charge >= 0.3 is 6.36 Å². The van der Waals surface area contributed by atoms with Crippen molar-refractivity contribution in [3.63, 3.8) is 0 Å². The van der Waals surface area contributed by atoms with E-state index in [0.717, 1.165) is 12.1 Å². The predicted molar refractivity (Wildman–Crippen MR) is 52.3 cm³/mol. The number of halogens is 3. The molecular weight excluding hydrogens is 221 g/mol. The van der Waals surface area contributed by atoms with E-state index in [4.69, 9.17) is 0 Å².